The third kappa shape index (κ3) is 3.22. The van der Waals surface area contributed by atoms with Gasteiger partial charge in [-0.25, -0.2) is 0 Å². The fraction of sp³-hybridized carbons (Fsp3) is 0.750. The van der Waals surface area contributed by atoms with Gasteiger partial charge in [0.05, 0.1) is 12.6 Å². The first-order valence-corrected chi connectivity index (χ1v) is 5.75. The minimum Gasteiger partial charge on any atom is -0.344 e. The molecule has 2 atom stereocenters. The number of nitrogens with zero attached hydrogens (tertiary/aromatic N) is 1. The van der Waals surface area contributed by atoms with Crippen LogP contribution in [0.4, 0.5) is 0 Å². The summed E-state index contributed by atoms with van der Waals surface area (Å²) in [6, 6.07) is 0.133. The molecule has 0 aliphatic heterocycles. The summed E-state index contributed by atoms with van der Waals surface area (Å²) >= 11 is 0. The van der Waals surface area contributed by atoms with Crippen LogP contribution in [0.1, 0.15) is 19.8 Å². The van der Waals surface area contributed by atoms with E-state index in [0.29, 0.717) is 18.5 Å². The van der Waals surface area contributed by atoms with Crippen LogP contribution < -0.4 is 11.1 Å². The predicted molar refractivity (Wildman–Crippen MR) is 64.6 cm³/mol. The van der Waals surface area contributed by atoms with Crippen LogP contribution in [0.15, 0.2) is 0 Å². The first-order valence-electron chi connectivity index (χ1n) is 5.75. The zero-order valence-corrected chi connectivity index (χ0v) is 10.1. The Balaban J connectivity index is 2.47. The number of carbonyl (C=O) groups is 1. The van der Waals surface area contributed by atoms with Crippen LogP contribution in [0.5, 0.6) is 0 Å². The smallest absolute Gasteiger partial charge is 0.237 e. The van der Waals surface area contributed by atoms with Crippen LogP contribution in [-0.2, 0) is 4.79 Å². The number of nitrogens with one attached hydrogen (secondary N) is 1. The lowest BCUT2D eigenvalue weighted by molar-refractivity contribution is -0.126. The molecule has 4 heteroatoms. The average Bonchev–Trinajstić information content (AvgIpc) is 3.10. The number of terminal acetylenes is 1. The topological polar surface area (TPSA) is 58.4 Å². The lowest BCUT2D eigenvalue weighted by atomic mass is 10.1. The summed E-state index contributed by atoms with van der Waals surface area (Å²) in [6.07, 6.45) is 7.55. The fourth-order valence-electron chi connectivity index (χ4n) is 1.93. The maximum Gasteiger partial charge on any atom is 0.237 e. The van der Waals surface area contributed by atoms with Crippen molar-refractivity contribution in [3.8, 4) is 12.3 Å². The molecule has 1 rings (SSSR count). The molecule has 0 bridgehead atoms. The molecule has 1 amide bonds. The number of carbonyl (C=O) groups excluding carboxylic acids is 1. The van der Waals surface area contributed by atoms with Crippen molar-refractivity contribution in [2.24, 2.45) is 11.7 Å². The van der Waals surface area contributed by atoms with E-state index in [1.807, 2.05) is 14.0 Å². The molecule has 0 radical (unpaired) electrons. The third-order valence-corrected chi connectivity index (χ3v) is 3.29. The molecule has 0 aromatic rings. The van der Waals surface area contributed by atoms with Gasteiger partial charge in [0.25, 0.3) is 0 Å². The molecule has 1 saturated carbocycles. The number of nitrogens with two attached hydrogens (primary N) is 1. The second-order valence-corrected chi connectivity index (χ2v) is 4.40. The van der Waals surface area contributed by atoms with E-state index >= 15 is 0 Å². The normalized spacial score (nSPS) is 18.9. The fourth-order valence-corrected chi connectivity index (χ4v) is 1.93. The first kappa shape index (κ1) is 13.0. The number of rotatable bonds is 6. The minimum absolute atomic E-state index is 0.0282. The molecular formula is C12H21N3O. The van der Waals surface area contributed by atoms with Gasteiger partial charge in [0, 0.05) is 12.6 Å². The van der Waals surface area contributed by atoms with Crippen molar-refractivity contribution in [2.45, 2.75) is 31.8 Å². The van der Waals surface area contributed by atoms with Crippen molar-refractivity contribution in [3.63, 3.8) is 0 Å². The number of hydrogen-bond donors (Lipinski definition) is 2. The highest BCUT2D eigenvalue weighted by Gasteiger charge is 2.35. The van der Waals surface area contributed by atoms with Gasteiger partial charge in [-0.15, -0.1) is 6.42 Å². The zero-order chi connectivity index (χ0) is 12.1. The molecule has 0 aromatic carbocycles. The molecule has 3 N–H and O–H groups in total. The van der Waals surface area contributed by atoms with E-state index in [1.165, 1.54) is 12.8 Å². The second kappa shape index (κ2) is 5.88. The maximum atomic E-state index is 11.7. The van der Waals surface area contributed by atoms with E-state index in [4.69, 9.17) is 12.2 Å². The largest absolute Gasteiger partial charge is 0.344 e. The third-order valence-electron chi connectivity index (χ3n) is 3.29. The minimum atomic E-state index is -0.178. The summed E-state index contributed by atoms with van der Waals surface area (Å²) in [5, 5.41) is 2.69. The SMILES string of the molecule is C#CCNC(=O)C(C)N(C)C(CN)C1CC1. The Hall–Kier alpha value is -1.05. The van der Waals surface area contributed by atoms with Gasteiger partial charge < -0.3 is 11.1 Å². The molecule has 1 aliphatic carbocycles. The van der Waals surface area contributed by atoms with E-state index in [1.54, 1.807) is 0 Å². The van der Waals surface area contributed by atoms with Crippen LogP contribution in [0, 0.1) is 18.3 Å². The Morgan fingerprint density at radius 3 is 2.75 bits per heavy atom. The van der Waals surface area contributed by atoms with Crippen LogP contribution >= 0.6 is 0 Å². The highest BCUT2D eigenvalue weighted by molar-refractivity contribution is 5.81. The van der Waals surface area contributed by atoms with Gasteiger partial charge >= 0.3 is 0 Å². The second-order valence-electron chi connectivity index (χ2n) is 4.40. The van der Waals surface area contributed by atoms with E-state index < -0.39 is 0 Å². The predicted octanol–water partition coefficient (Wildman–Crippen LogP) is -0.207. The number of amides is 1. The van der Waals surface area contributed by atoms with Crippen molar-refractivity contribution in [1.82, 2.24) is 10.2 Å². The molecule has 0 saturated heterocycles. The molecule has 0 spiro atoms. The average molecular weight is 223 g/mol. The van der Waals surface area contributed by atoms with Crippen LogP contribution in [0.25, 0.3) is 0 Å². The Labute approximate surface area is 97.6 Å². The first-order chi connectivity index (χ1) is 7.61. The monoisotopic (exact) mass is 223 g/mol. The van der Waals surface area contributed by atoms with Gasteiger partial charge in [-0.2, -0.15) is 0 Å². The van der Waals surface area contributed by atoms with Crippen molar-refractivity contribution in [3.05, 3.63) is 0 Å². The van der Waals surface area contributed by atoms with Crippen molar-refractivity contribution in [1.29, 1.82) is 0 Å². The summed E-state index contributed by atoms with van der Waals surface area (Å²) in [6.45, 7) is 2.78. The molecule has 2 unspecified atom stereocenters. The Kier molecular flexibility index (Phi) is 4.78. The zero-order valence-electron chi connectivity index (χ0n) is 10.1. The Morgan fingerprint density at radius 2 is 2.31 bits per heavy atom. The van der Waals surface area contributed by atoms with Crippen molar-refractivity contribution >= 4 is 5.91 Å². The van der Waals surface area contributed by atoms with E-state index in [-0.39, 0.29) is 18.5 Å². The molecule has 16 heavy (non-hydrogen) atoms. The quantitative estimate of drug-likeness (QED) is 0.613. The highest BCUT2D eigenvalue weighted by Crippen LogP contribution is 2.35. The molecule has 1 fully saturated rings. The van der Waals surface area contributed by atoms with E-state index in [9.17, 15) is 4.79 Å². The summed E-state index contributed by atoms with van der Waals surface area (Å²) in [4.78, 5) is 13.8. The summed E-state index contributed by atoms with van der Waals surface area (Å²) in [7, 11) is 1.95. The van der Waals surface area contributed by atoms with Gasteiger partial charge in [0.1, 0.15) is 0 Å². The van der Waals surface area contributed by atoms with E-state index in [2.05, 4.69) is 16.1 Å². The van der Waals surface area contributed by atoms with Crippen LogP contribution in [0.2, 0.25) is 0 Å². The van der Waals surface area contributed by atoms with Gasteiger partial charge in [0.15, 0.2) is 0 Å². The van der Waals surface area contributed by atoms with Gasteiger partial charge in [-0.3, -0.25) is 9.69 Å². The molecular weight excluding hydrogens is 202 g/mol. The lowest BCUT2D eigenvalue weighted by Crippen LogP contribution is -2.50. The van der Waals surface area contributed by atoms with Crippen molar-refractivity contribution < 1.29 is 4.79 Å². The lowest BCUT2D eigenvalue weighted by Gasteiger charge is -2.31. The standard InChI is InChI=1S/C12H21N3O/c1-4-7-14-12(16)9(2)15(3)11(8-13)10-5-6-10/h1,9-11H,5-8,13H2,2-3H3,(H,14,16). The summed E-state index contributed by atoms with van der Waals surface area (Å²) in [5.74, 6) is 3.03. The molecule has 90 valence electrons. The molecule has 0 heterocycles. The highest BCUT2D eigenvalue weighted by atomic mass is 16.2. The molecule has 4 nitrogen and oxygen atoms in total. The van der Waals surface area contributed by atoms with Crippen molar-refractivity contribution in [2.75, 3.05) is 20.1 Å². The van der Waals surface area contributed by atoms with Crippen LogP contribution in [-0.4, -0.2) is 43.0 Å². The molecule has 0 aromatic heterocycles. The number of likely N-dealkylation sites (N-methyl/N-ethyl adjacent to an activating group) is 1. The van der Waals surface area contributed by atoms with Crippen LogP contribution in [0.3, 0.4) is 0 Å². The summed E-state index contributed by atoms with van der Waals surface area (Å²) < 4.78 is 0. The summed E-state index contributed by atoms with van der Waals surface area (Å²) in [5.41, 5.74) is 5.75. The van der Waals surface area contributed by atoms with E-state index in [0.717, 1.165) is 0 Å². The Morgan fingerprint density at radius 1 is 1.69 bits per heavy atom. The number of hydrogen-bond acceptors (Lipinski definition) is 3. The maximum absolute atomic E-state index is 11.7. The van der Waals surface area contributed by atoms with Gasteiger partial charge in [-0.1, -0.05) is 5.92 Å². The Bertz CT molecular complexity index is 280. The van der Waals surface area contributed by atoms with Gasteiger partial charge in [0.2, 0.25) is 5.91 Å². The van der Waals surface area contributed by atoms with Gasteiger partial charge in [-0.05, 0) is 32.7 Å². The molecule has 1 aliphatic rings.